The van der Waals surface area contributed by atoms with Gasteiger partial charge in [-0.05, 0) is 49.3 Å². The van der Waals surface area contributed by atoms with E-state index < -0.39 is 29.9 Å². The molecule has 310 valence electrons. The Balaban J connectivity index is 1.65. The second-order valence-electron chi connectivity index (χ2n) is 13.7. The molecule has 1 fully saturated rings. The molecule has 1 unspecified atom stereocenters. The van der Waals surface area contributed by atoms with Crippen LogP contribution in [0.15, 0.2) is 24.3 Å². The molecule has 2 rings (SSSR count). The molecule has 1 aromatic carbocycles. The number of urea groups is 1. The molecule has 0 aromatic heterocycles. The maximum Gasteiger partial charge on any atom is 0.312 e. The highest BCUT2D eigenvalue weighted by molar-refractivity contribution is 6.03. The van der Waals surface area contributed by atoms with Gasteiger partial charge in [-0.3, -0.25) is 28.9 Å². The summed E-state index contributed by atoms with van der Waals surface area (Å²) in [7, 11) is 0. The third-order valence-electron chi connectivity index (χ3n) is 8.69. The molecular formula is C38H62N6O11. The van der Waals surface area contributed by atoms with Crippen LogP contribution in [0.4, 0.5) is 10.5 Å². The fourth-order valence-electron chi connectivity index (χ4n) is 5.51. The summed E-state index contributed by atoms with van der Waals surface area (Å²) >= 11 is 0. The third kappa shape index (κ3) is 18.8. The molecule has 0 bridgehead atoms. The van der Waals surface area contributed by atoms with Crippen LogP contribution >= 0.6 is 0 Å². The van der Waals surface area contributed by atoms with Gasteiger partial charge in [-0.25, -0.2) is 4.79 Å². The first-order valence-corrected chi connectivity index (χ1v) is 19.1. The van der Waals surface area contributed by atoms with Crippen molar-refractivity contribution in [2.75, 3.05) is 77.9 Å². The van der Waals surface area contributed by atoms with Crippen LogP contribution < -0.4 is 27.0 Å². The van der Waals surface area contributed by atoms with Crippen molar-refractivity contribution in [1.29, 1.82) is 0 Å². The maximum absolute atomic E-state index is 13.4. The van der Waals surface area contributed by atoms with Gasteiger partial charge >= 0.3 is 6.03 Å². The predicted molar refractivity (Wildman–Crippen MR) is 203 cm³/mol. The summed E-state index contributed by atoms with van der Waals surface area (Å²) in [6.07, 6.45) is 0.852. The summed E-state index contributed by atoms with van der Waals surface area (Å²) < 4.78 is 27.4. The third-order valence-corrected chi connectivity index (χ3v) is 8.69. The minimum atomic E-state index is -0.950. The van der Waals surface area contributed by atoms with Gasteiger partial charge in [0.1, 0.15) is 12.1 Å². The van der Waals surface area contributed by atoms with E-state index in [1.165, 1.54) is 4.90 Å². The lowest BCUT2D eigenvalue weighted by molar-refractivity contribution is -0.140. The first kappa shape index (κ1) is 47.0. The quantitative estimate of drug-likeness (QED) is 0.0582. The molecule has 1 aliphatic heterocycles. The summed E-state index contributed by atoms with van der Waals surface area (Å²) in [6, 6.07) is 4.62. The van der Waals surface area contributed by atoms with E-state index in [4.69, 9.17) is 29.4 Å². The molecule has 1 aliphatic rings. The van der Waals surface area contributed by atoms with Crippen LogP contribution in [0.25, 0.3) is 0 Å². The van der Waals surface area contributed by atoms with E-state index in [0.29, 0.717) is 58.4 Å². The average Bonchev–Trinajstić information content (AvgIpc) is 3.43. The molecule has 1 saturated heterocycles. The maximum atomic E-state index is 13.4. The highest BCUT2D eigenvalue weighted by Crippen LogP contribution is 2.26. The Bertz CT molecular complexity index is 1340. The smallest absolute Gasteiger partial charge is 0.312 e. The summed E-state index contributed by atoms with van der Waals surface area (Å²) in [4.78, 5) is 76.1. The number of amides is 7. The molecule has 17 heteroatoms. The van der Waals surface area contributed by atoms with Gasteiger partial charge < -0.3 is 50.7 Å². The van der Waals surface area contributed by atoms with Gasteiger partial charge in [-0.15, -0.1) is 0 Å². The molecule has 6 N–H and O–H groups in total. The van der Waals surface area contributed by atoms with E-state index in [-0.39, 0.29) is 87.6 Å². The number of carbonyl (C=O) groups is 6. The second kappa shape index (κ2) is 26.6. The first-order chi connectivity index (χ1) is 26.3. The number of carbonyl (C=O) groups excluding carboxylic acids is 6. The van der Waals surface area contributed by atoms with Crippen molar-refractivity contribution < 1.29 is 52.5 Å². The molecular weight excluding hydrogens is 716 g/mol. The fourth-order valence-corrected chi connectivity index (χ4v) is 5.51. The number of imide groups is 1. The topological polar surface area (TPSA) is 226 Å². The zero-order valence-electron chi connectivity index (χ0n) is 33.0. The van der Waals surface area contributed by atoms with Crippen LogP contribution in [0, 0.1) is 17.8 Å². The van der Waals surface area contributed by atoms with E-state index >= 15 is 0 Å². The SMILES string of the molecule is CCOCc1ccc(NC(=O)[C@H](CCCNC(N)=O)NC(=O)[C@@H](NC(=O)CCOCCOCCOCCOCCN2C(=O)CC(C(C)C)C2=O)C(C)C)cc1. The van der Waals surface area contributed by atoms with Crippen molar-refractivity contribution in [3.05, 3.63) is 29.8 Å². The lowest BCUT2D eigenvalue weighted by Crippen LogP contribution is -2.54. The lowest BCUT2D eigenvalue weighted by atomic mass is 9.94. The van der Waals surface area contributed by atoms with Crippen molar-refractivity contribution in [3.63, 3.8) is 0 Å². The number of hydrogen-bond donors (Lipinski definition) is 5. The number of ether oxygens (including phenoxy) is 5. The molecule has 0 aliphatic carbocycles. The fraction of sp³-hybridized carbons (Fsp3) is 0.684. The molecule has 1 heterocycles. The minimum Gasteiger partial charge on any atom is -0.379 e. The number of nitrogens with one attached hydrogen (secondary N) is 4. The minimum absolute atomic E-state index is 0.0139. The number of benzene rings is 1. The second-order valence-corrected chi connectivity index (χ2v) is 13.7. The summed E-state index contributed by atoms with van der Waals surface area (Å²) in [5.41, 5.74) is 6.64. The van der Waals surface area contributed by atoms with Crippen molar-refractivity contribution in [3.8, 4) is 0 Å². The van der Waals surface area contributed by atoms with Crippen molar-refractivity contribution in [2.45, 2.75) is 79.0 Å². The van der Waals surface area contributed by atoms with Gasteiger partial charge in [-0.2, -0.15) is 0 Å². The standard InChI is InChI=1S/C38H62N6O11/c1-6-51-25-28-9-11-29(12-10-28)41-35(47)31(8-7-14-40-38(39)50)42-36(48)34(27(4)5)43-32(45)13-16-52-18-20-54-22-23-55-21-19-53-17-15-44-33(46)24-30(26(2)3)37(44)49/h9-12,26-27,30-31,34H,6-8,13-25H2,1-5H3,(H,41,47)(H,42,48)(H,43,45)(H3,39,40,50)/t30?,31-,34-/m0/s1. The number of rotatable bonds is 29. The number of hydrogen-bond acceptors (Lipinski definition) is 11. The Morgan fingerprint density at radius 2 is 1.42 bits per heavy atom. The summed E-state index contributed by atoms with van der Waals surface area (Å²) in [5.74, 6) is -2.02. The van der Waals surface area contributed by atoms with Crippen LogP contribution in [0.2, 0.25) is 0 Å². The van der Waals surface area contributed by atoms with Crippen LogP contribution in [-0.2, 0) is 54.3 Å². The number of anilines is 1. The van der Waals surface area contributed by atoms with Crippen LogP contribution in [0.1, 0.15) is 65.9 Å². The van der Waals surface area contributed by atoms with Gasteiger partial charge in [0.2, 0.25) is 29.5 Å². The monoisotopic (exact) mass is 778 g/mol. The molecule has 0 spiro atoms. The van der Waals surface area contributed by atoms with Gasteiger partial charge in [0.05, 0.1) is 66.0 Å². The van der Waals surface area contributed by atoms with E-state index in [1.54, 1.807) is 26.0 Å². The lowest BCUT2D eigenvalue weighted by Gasteiger charge is -2.25. The Morgan fingerprint density at radius 1 is 0.818 bits per heavy atom. The summed E-state index contributed by atoms with van der Waals surface area (Å²) in [5, 5.41) is 10.8. The van der Waals surface area contributed by atoms with Crippen LogP contribution in [0.5, 0.6) is 0 Å². The van der Waals surface area contributed by atoms with Crippen molar-refractivity contribution in [2.24, 2.45) is 23.5 Å². The highest BCUT2D eigenvalue weighted by atomic mass is 16.6. The number of primary amides is 1. The molecule has 1 aromatic rings. The van der Waals surface area contributed by atoms with Crippen molar-refractivity contribution >= 4 is 41.3 Å². The van der Waals surface area contributed by atoms with Gasteiger partial charge in [0, 0.05) is 37.6 Å². The molecule has 55 heavy (non-hydrogen) atoms. The number of nitrogens with zero attached hydrogens (tertiary/aromatic N) is 1. The Kier molecular flexibility index (Phi) is 22.7. The van der Waals surface area contributed by atoms with Gasteiger partial charge in [0.15, 0.2) is 0 Å². The zero-order valence-corrected chi connectivity index (χ0v) is 33.0. The van der Waals surface area contributed by atoms with E-state index in [1.807, 2.05) is 32.9 Å². The van der Waals surface area contributed by atoms with Crippen LogP contribution in [-0.4, -0.2) is 125 Å². The Morgan fingerprint density at radius 3 is 1.96 bits per heavy atom. The van der Waals surface area contributed by atoms with Gasteiger partial charge in [-0.1, -0.05) is 39.8 Å². The molecule has 3 atom stereocenters. The van der Waals surface area contributed by atoms with Crippen molar-refractivity contribution in [1.82, 2.24) is 20.9 Å². The molecule has 7 amide bonds. The first-order valence-electron chi connectivity index (χ1n) is 19.1. The number of likely N-dealkylation sites (tertiary alicyclic amines) is 1. The summed E-state index contributed by atoms with van der Waals surface area (Å²) in [6.45, 7) is 13.1. The zero-order chi connectivity index (χ0) is 40.6. The molecule has 0 saturated carbocycles. The van der Waals surface area contributed by atoms with E-state index in [0.717, 1.165) is 5.56 Å². The van der Waals surface area contributed by atoms with E-state index in [2.05, 4.69) is 21.3 Å². The molecule has 17 nitrogen and oxygen atoms in total. The van der Waals surface area contributed by atoms with E-state index in [9.17, 15) is 28.8 Å². The normalized spacial score (nSPS) is 15.3. The molecule has 0 radical (unpaired) electrons. The Hall–Kier alpha value is -4.16. The van der Waals surface area contributed by atoms with Gasteiger partial charge in [0.25, 0.3) is 0 Å². The van der Waals surface area contributed by atoms with Crippen LogP contribution in [0.3, 0.4) is 0 Å². The average molecular weight is 779 g/mol. The highest BCUT2D eigenvalue weighted by Gasteiger charge is 2.39. The Labute approximate surface area is 324 Å². The largest absolute Gasteiger partial charge is 0.379 e. The number of nitrogens with two attached hydrogens (primary N) is 1. The predicted octanol–water partition coefficient (Wildman–Crippen LogP) is 1.72.